The number of benzene rings is 1. The predicted molar refractivity (Wildman–Crippen MR) is 89.6 cm³/mol. The fraction of sp³-hybridized carbons (Fsp3) is 0.474. The maximum absolute atomic E-state index is 12.9. The minimum absolute atomic E-state index is 0.183. The fourth-order valence-corrected chi connectivity index (χ4v) is 4.03. The molecule has 2 heterocycles. The molecule has 23 heavy (non-hydrogen) atoms. The second kappa shape index (κ2) is 5.84. The van der Waals surface area contributed by atoms with E-state index in [2.05, 4.69) is 21.7 Å². The van der Waals surface area contributed by atoms with Crippen molar-refractivity contribution in [3.63, 3.8) is 0 Å². The van der Waals surface area contributed by atoms with E-state index in [1.807, 2.05) is 30.3 Å². The van der Waals surface area contributed by atoms with Gasteiger partial charge < -0.3 is 9.47 Å². The summed E-state index contributed by atoms with van der Waals surface area (Å²) in [6.07, 6.45) is 9.55. The Labute approximate surface area is 137 Å². The molecule has 1 aliphatic heterocycles. The van der Waals surface area contributed by atoms with Gasteiger partial charge in [0.25, 0.3) is 5.91 Å². The van der Waals surface area contributed by atoms with Gasteiger partial charge in [-0.1, -0.05) is 6.07 Å². The number of imidazole rings is 1. The van der Waals surface area contributed by atoms with Crippen LogP contribution >= 0.6 is 0 Å². The van der Waals surface area contributed by atoms with Crippen molar-refractivity contribution in [2.45, 2.75) is 45.1 Å². The van der Waals surface area contributed by atoms with Crippen molar-refractivity contribution in [1.82, 2.24) is 14.5 Å². The van der Waals surface area contributed by atoms with Crippen molar-refractivity contribution >= 4 is 5.91 Å². The lowest BCUT2D eigenvalue weighted by molar-refractivity contribution is 0.0678. The van der Waals surface area contributed by atoms with E-state index in [9.17, 15) is 4.79 Å². The third-order valence-electron chi connectivity index (χ3n) is 5.28. The van der Waals surface area contributed by atoms with E-state index in [4.69, 9.17) is 0 Å². The zero-order valence-corrected chi connectivity index (χ0v) is 13.7. The largest absolute Gasteiger partial charge is 0.337 e. The Balaban J connectivity index is 1.53. The van der Waals surface area contributed by atoms with Gasteiger partial charge in [-0.3, -0.25) is 4.79 Å². The highest BCUT2D eigenvalue weighted by molar-refractivity contribution is 5.94. The average molecular weight is 309 g/mol. The van der Waals surface area contributed by atoms with E-state index in [0.29, 0.717) is 6.04 Å². The first-order chi connectivity index (χ1) is 11.2. The smallest absolute Gasteiger partial charge is 0.253 e. The lowest BCUT2D eigenvalue weighted by atomic mass is 10.0. The van der Waals surface area contributed by atoms with Crippen LogP contribution in [0.1, 0.15) is 52.6 Å². The molecule has 0 bridgehead atoms. The third-order valence-corrected chi connectivity index (χ3v) is 5.28. The van der Waals surface area contributed by atoms with Crippen LogP contribution in [0, 0.1) is 6.92 Å². The van der Waals surface area contributed by atoms with Crippen molar-refractivity contribution in [1.29, 1.82) is 0 Å². The van der Waals surface area contributed by atoms with E-state index in [1.54, 1.807) is 0 Å². The number of amides is 1. The zero-order valence-electron chi connectivity index (χ0n) is 13.7. The van der Waals surface area contributed by atoms with Crippen LogP contribution in [0.5, 0.6) is 0 Å². The molecule has 0 spiro atoms. The van der Waals surface area contributed by atoms with Gasteiger partial charge in [0.15, 0.2) is 0 Å². The Bertz CT molecular complexity index is 734. The quantitative estimate of drug-likeness (QED) is 0.854. The average Bonchev–Trinajstić information content (AvgIpc) is 3.22. The first-order valence-corrected chi connectivity index (χ1v) is 8.63. The molecule has 1 amide bonds. The van der Waals surface area contributed by atoms with E-state index in [0.717, 1.165) is 50.2 Å². The minimum atomic E-state index is 0.183. The van der Waals surface area contributed by atoms with Gasteiger partial charge in [0.05, 0.1) is 6.04 Å². The molecular formula is C19H23N3O. The van der Waals surface area contributed by atoms with Crippen molar-refractivity contribution in [3.8, 4) is 0 Å². The summed E-state index contributed by atoms with van der Waals surface area (Å²) in [6.45, 7) is 3.68. The van der Waals surface area contributed by atoms with Gasteiger partial charge in [-0.25, -0.2) is 4.98 Å². The zero-order chi connectivity index (χ0) is 15.8. The van der Waals surface area contributed by atoms with Crippen LogP contribution in [0.3, 0.4) is 0 Å². The molecule has 4 heteroatoms. The van der Waals surface area contributed by atoms with Gasteiger partial charge in [-0.15, -0.1) is 0 Å². The Hall–Kier alpha value is -2.10. The molecule has 0 N–H and O–H groups in total. The summed E-state index contributed by atoms with van der Waals surface area (Å²) in [6, 6.07) is 6.64. The van der Waals surface area contributed by atoms with Gasteiger partial charge >= 0.3 is 0 Å². The Morgan fingerprint density at radius 3 is 2.91 bits per heavy atom. The van der Waals surface area contributed by atoms with E-state index < -0.39 is 0 Å². The number of hydrogen-bond donors (Lipinski definition) is 0. The molecule has 2 aliphatic rings. The number of hydrogen-bond acceptors (Lipinski definition) is 2. The summed E-state index contributed by atoms with van der Waals surface area (Å²) in [7, 11) is 0. The number of fused-ring (bicyclic) bond motifs is 1. The first-order valence-electron chi connectivity index (χ1n) is 8.63. The number of aryl methyl sites for hydroxylation is 3. The first kappa shape index (κ1) is 14.5. The highest BCUT2D eigenvalue weighted by atomic mass is 16.2. The molecule has 0 radical (unpaired) electrons. The van der Waals surface area contributed by atoms with Gasteiger partial charge in [0.2, 0.25) is 0 Å². The molecule has 1 aromatic carbocycles. The molecular weight excluding hydrogens is 286 g/mol. The SMILES string of the molecule is Cc1nccn1[C@H]1CCCN(C(=O)c2ccc3c(c2)CCC3)C1. The summed E-state index contributed by atoms with van der Waals surface area (Å²) in [4.78, 5) is 19.2. The van der Waals surface area contributed by atoms with Gasteiger partial charge in [-0.05, 0) is 62.3 Å². The second-order valence-corrected chi connectivity index (χ2v) is 6.77. The molecule has 1 aliphatic carbocycles. The molecule has 4 rings (SSSR count). The van der Waals surface area contributed by atoms with Gasteiger partial charge in [-0.2, -0.15) is 0 Å². The summed E-state index contributed by atoms with van der Waals surface area (Å²) in [5, 5.41) is 0. The predicted octanol–water partition coefficient (Wildman–Crippen LogP) is 3.16. The van der Waals surface area contributed by atoms with Crippen LogP contribution in [0.4, 0.5) is 0 Å². The molecule has 0 saturated carbocycles. The standard InChI is InChI=1S/C19H23N3O/c1-14-20-9-11-22(14)18-6-3-10-21(13-18)19(23)17-8-7-15-4-2-5-16(15)12-17/h7-9,11-12,18H,2-6,10,13H2,1H3/t18-/m0/s1. The number of rotatable bonds is 2. The number of piperidine rings is 1. The van der Waals surface area contributed by atoms with E-state index >= 15 is 0 Å². The number of likely N-dealkylation sites (tertiary alicyclic amines) is 1. The van der Waals surface area contributed by atoms with Crippen LogP contribution in [0.15, 0.2) is 30.6 Å². The highest BCUT2D eigenvalue weighted by Crippen LogP contribution is 2.26. The van der Waals surface area contributed by atoms with Crippen LogP contribution in [0.25, 0.3) is 0 Å². The highest BCUT2D eigenvalue weighted by Gasteiger charge is 2.26. The van der Waals surface area contributed by atoms with Crippen molar-refractivity contribution in [3.05, 3.63) is 53.1 Å². The maximum Gasteiger partial charge on any atom is 0.253 e. The summed E-state index contributed by atoms with van der Waals surface area (Å²) in [5.74, 6) is 1.21. The Morgan fingerprint density at radius 1 is 1.22 bits per heavy atom. The van der Waals surface area contributed by atoms with Crippen LogP contribution in [-0.2, 0) is 12.8 Å². The second-order valence-electron chi connectivity index (χ2n) is 6.77. The monoisotopic (exact) mass is 309 g/mol. The summed E-state index contributed by atoms with van der Waals surface area (Å²) in [5.41, 5.74) is 3.65. The molecule has 0 unspecified atom stereocenters. The molecule has 1 saturated heterocycles. The van der Waals surface area contributed by atoms with Crippen LogP contribution in [0.2, 0.25) is 0 Å². The third kappa shape index (κ3) is 2.67. The normalized spacial score (nSPS) is 20.6. The summed E-state index contributed by atoms with van der Waals surface area (Å²) >= 11 is 0. The number of nitrogens with zero attached hydrogens (tertiary/aromatic N) is 3. The Kier molecular flexibility index (Phi) is 3.68. The van der Waals surface area contributed by atoms with Gasteiger partial charge in [0.1, 0.15) is 5.82 Å². The molecule has 2 aromatic rings. The lowest BCUT2D eigenvalue weighted by Gasteiger charge is -2.34. The van der Waals surface area contributed by atoms with Crippen molar-refractivity contribution in [2.75, 3.05) is 13.1 Å². The fourth-order valence-electron chi connectivity index (χ4n) is 4.03. The summed E-state index contributed by atoms with van der Waals surface area (Å²) < 4.78 is 2.21. The molecule has 1 fully saturated rings. The molecule has 1 atom stereocenters. The molecule has 1 aromatic heterocycles. The van der Waals surface area contributed by atoms with E-state index in [-0.39, 0.29) is 5.91 Å². The topological polar surface area (TPSA) is 38.1 Å². The molecule has 4 nitrogen and oxygen atoms in total. The number of carbonyl (C=O) groups is 1. The van der Waals surface area contributed by atoms with Gasteiger partial charge in [0, 0.05) is 31.0 Å². The number of carbonyl (C=O) groups excluding carboxylic acids is 1. The molecule has 120 valence electrons. The van der Waals surface area contributed by atoms with E-state index in [1.165, 1.54) is 17.5 Å². The maximum atomic E-state index is 12.9. The number of aromatic nitrogens is 2. The van der Waals surface area contributed by atoms with Crippen molar-refractivity contribution < 1.29 is 4.79 Å². The minimum Gasteiger partial charge on any atom is -0.337 e. The Morgan fingerprint density at radius 2 is 2.09 bits per heavy atom. The van der Waals surface area contributed by atoms with Crippen LogP contribution in [-0.4, -0.2) is 33.4 Å². The van der Waals surface area contributed by atoms with Crippen LogP contribution < -0.4 is 0 Å². The van der Waals surface area contributed by atoms with Crippen molar-refractivity contribution in [2.24, 2.45) is 0 Å². The lowest BCUT2D eigenvalue weighted by Crippen LogP contribution is -2.40.